The standard InChI is InChI=1S/C24H26N4O5/c1-14(2)16-6-8-17(9-7-16)27-24(30)33-20-13-32-21-19(12-31-22(20)21)28-23(29)26-18-5-3-4-15(10-18)11-25/h3-10,14,19-22H,12-13H2,1-2H3,(H,27,30)(H2,26,28,29). The molecule has 4 atom stereocenters. The number of nitriles is 1. The Balaban J connectivity index is 1.27. The van der Waals surface area contributed by atoms with Gasteiger partial charge in [-0.25, -0.2) is 9.59 Å². The minimum Gasteiger partial charge on any atom is -0.441 e. The van der Waals surface area contributed by atoms with E-state index in [-0.39, 0.29) is 13.2 Å². The smallest absolute Gasteiger partial charge is 0.412 e. The first kappa shape index (κ1) is 22.6. The molecular weight excluding hydrogens is 424 g/mol. The molecule has 2 saturated heterocycles. The fraction of sp³-hybridized carbons (Fsp3) is 0.375. The summed E-state index contributed by atoms with van der Waals surface area (Å²) in [6.45, 7) is 4.62. The lowest BCUT2D eigenvalue weighted by Gasteiger charge is -2.18. The number of nitrogens with zero attached hydrogens (tertiary/aromatic N) is 1. The molecule has 172 valence electrons. The van der Waals surface area contributed by atoms with E-state index in [2.05, 4.69) is 29.8 Å². The van der Waals surface area contributed by atoms with Gasteiger partial charge in [-0.1, -0.05) is 32.0 Å². The molecule has 0 saturated carbocycles. The minimum atomic E-state index is -0.586. The molecule has 2 aromatic carbocycles. The molecule has 3 amide bonds. The summed E-state index contributed by atoms with van der Waals surface area (Å²) in [7, 11) is 0. The molecule has 2 aliphatic heterocycles. The quantitative estimate of drug-likeness (QED) is 0.640. The Morgan fingerprint density at radius 3 is 2.52 bits per heavy atom. The number of ether oxygens (including phenoxy) is 3. The molecular formula is C24H26N4O5. The van der Waals surface area contributed by atoms with Crippen molar-refractivity contribution in [3.8, 4) is 6.07 Å². The van der Waals surface area contributed by atoms with E-state index in [1.54, 1.807) is 24.3 Å². The van der Waals surface area contributed by atoms with Crippen molar-refractivity contribution < 1.29 is 23.8 Å². The maximum absolute atomic E-state index is 12.4. The van der Waals surface area contributed by atoms with Gasteiger partial charge in [0.15, 0.2) is 6.10 Å². The topological polar surface area (TPSA) is 122 Å². The summed E-state index contributed by atoms with van der Waals surface area (Å²) in [5.74, 6) is 0.407. The van der Waals surface area contributed by atoms with Crippen LogP contribution in [0.5, 0.6) is 0 Å². The van der Waals surface area contributed by atoms with Gasteiger partial charge in [-0.3, -0.25) is 5.32 Å². The van der Waals surface area contributed by atoms with Gasteiger partial charge < -0.3 is 24.8 Å². The van der Waals surface area contributed by atoms with Crippen LogP contribution in [0.2, 0.25) is 0 Å². The summed E-state index contributed by atoms with van der Waals surface area (Å²) in [5, 5.41) is 17.2. The van der Waals surface area contributed by atoms with E-state index in [4.69, 9.17) is 19.5 Å². The zero-order valence-electron chi connectivity index (χ0n) is 18.4. The number of rotatable bonds is 5. The van der Waals surface area contributed by atoms with Crippen LogP contribution in [0, 0.1) is 11.3 Å². The molecule has 9 nitrogen and oxygen atoms in total. The Labute approximate surface area is 192 Å². The lowest BCUT2D eigenvalue weighted by Crippen LogP contribution is -2.46. The second kappa shape index (κ2) is 9.90. The Morgan fingerprint density at radius 2 is 1.79 bits per heavy atom. The van der Waals surface area contributed by atoms with Gasteiger partial charge in [0.05, 0.1) is 30.9 Å². The van der Waals surface area contributed by atoms with Crippen molar-refractivity contribution >= 4 is 23.5 Å². The Morgan fingerprint density at radius 1 is 1.03 bits per heavy atom. The van der Waals surface area contributed by atoms with Crippen molar-refractivity contribution in [3.63, 3.8) is 0 Å². The summed E-state index contributed by atoms with van der Waals surface area (Å²) >= 11 is 0. The number of hydrogen-bond acceptors (Lipinski definition) is 6. The van der Waals surface area contributed by atoms with Crippen molar-refractivity contribution in [1.29, 1.82) is 5.26 Å². The minimum absolute atomic E-state index is 0.180. The van der Waals surface area contributed by atoms with Crippen molar-refractivity contribution in [1.82, 2.24) is 5.32 Å². The summed E-state index contributed by atoms with van der Waals surface area (Å²) in [5.41, 5.74) is 2.78. The summed E-state index contributed by atoms with van der Waals surface area (Å²) in [6, 6.07) is 15.4. The predicted octanol–water partition coefficient (Wildman–Crippen LogP) is 3.59. The maximum Gasteiger partial charge on any atom is 0.412 e. The van der Waals surface area contributed by atoms with Gasteiger partial charge in [0.25, 0.3) is 0 Å². The van der Waals surface area contributed by atoms with Crippen molar-refractivity contribution in [3.05, 3.63) is 59.7 Å². The van der Waals surface area contributed by atoms with Gasteiger partial charge in [-0.05, 0) is 41.8 Å². The summed E-state index contributed by atoms with van der Waals surface area (Å²) in [6.07, 6.45) is -2.06. The molecule has 4 rings (SSSR count). The Kier molecular flexibility index (Phi) is 6.77. The first-order chi connectivity index (χ1) is 15.9. The third-order valence-corrected chi connectivity index (χ3v) is 5.66. The predicted molar refractivity (Wildman–Crippen MR) is 121 cm³/mol. The van der Waals surface area contributed by atoms with Crippen LogP contribution in [0.4, 0.5) is 21.0 Å². The fourth-order valence-electron chi connectivity index (χ4n) is 3.93. The van der Waals surface area contributed by atoms with Gasteiger partial charge >= 0.3 is 12.1 Å². The maximum atomic E-state index is 12.4. The molecule has 2 aliphatic rings. The van der Waals surface area contributed by atoms with E-state index in [0.717, 1.165) is 0 Å². The lowest BCUT2D eigenvalue weighted by atomic mass is 10.0. The zero-order valence-corrected chi connectivity index (χ0v) is 18.4. The van der Waals surface area contributed by atoms with Gasteiger partial charge in [0.2, 0.25) is 0 Å². The van der Waals surface area contributed by atoms with Crippen molar-refractivity contribution in [2.75, 3.05) is 23.8 Å². The molecule has 0 radical (unpaired) electrons. The first-order valence-electron chi connectivity index (χ1n) is 10.8. The van der Waals surface area contributed by atoms with Crippen LogP contribution < -0.4 is 16.0 Å². The lowest BCUT2D eigenvalue weighted by molar-refractivity contribution is 0.00874. The second-order valence-electron chi connectivity index (χ2n) is 8.34. The molecule has 2 fully saturated rings. The molecule has 0 bridgehead atoms. The SMILES string of the molecule is CC(C)c1ccc(NC(=O)OC2COC3C(NC(=O)Nc4cccc(C#N)c4)COC23)cc1. The Hall–Kier alpha value is -3.61. The van der Waals surface area contributed by atoms with Crippen LogP contribution in [0.25, 0.3) is 0 Å². The van der Waals surface area contributed by atoms with E-state index < -0.39 is 36.5 Å². The number of carbonyl (C=O) groups excluding carboxylic acids is 2. The second-order valence-corrected chi connectivity index (χ2v) is 8.34. The van der Waals surface area contributed by atoms with Crippen LogP contribution >= 0.6 is 0 Å². The average Bonchev–Trinajstić information content (AvgIpc) is 3.37. The number of carbonyl (C=O) groups is 2. The molecule has 0 aromatic heterocycles. The van der Waals surface area contributed by atoms with Gasteiger partial charge in [0.1, 0.15) is 12.2 Å². The normalized spacial score (nSPS) is 23.5. The highest BCUT2D eigenvalue weighted by atomic mass is 16.6. The van der Waals surface area contributed by atoms with Gasteiger partial charge in [-0.15, -0.1) is 0 Å². The van der Waals surface area contributed by atoms with Crippen molar-refractivity contribution in [2.24, 2.45) is 0 Å². The molecule has 2 aromatic rings. The van der Waals surface area contributed by atoms with Crippen LogP contribution in [0.15, 0.2) is 48.5 Å². The van der Waals surface area contributed by atoms with Crippen LogP contribution in [0.3, 0.4) is 0 Å². The van der Waals surface area contributed by atoms with Crippen molar-refractivity contribution in [2.45, 2.75) is 44.1 Å². The summed E-state index contributed by atoms with van der Waals surface area (Å²) in [4.78, 5) is 24.7. The highest BCUT2D eigenvalue weighted by Gasteiger charge is 2.50. The first-order valence-corrected chi connectivity index (χ1v) is 10.8. The van der Waals surface area contributed by atoms with E-state index in [1.165, 1.54) is 5.56 Å². The molecule has 4 unspecified atom stereocenters. The highest BCUT2D eigenvalue weighted by molar-refractivity contribution is 5.89. The number of fused-ring (bicyclic) bond motifs is 1. The fourth-order valence-corrected chi connectivity index (χ4v) is 3.93. The number of nitrogens with one attached hydrogen (secondary N) is 3. The van der Waals surface area contributed by atoms with Crippen LogP contribution in [0.1, 0.15) is 30.9 Å². The van der Waals surface area contributed by atoms with E-state index >= 15 is 0 Å². The molecule has 3 N–H and O–H groups in total. The molecule has 2 heterocycles. The monoisotopic (exact) mass is 450 g/mol. The molecule has 33 heavy (non-hydrogen) atoms. The molecule has 0 aliphatic carbocycles. The molecule has 9 heteroatoms. The average molecular weight is 450 g/mol. The highest BCUT2D eigenvalue weighted by Crippen LogP contribution is 2.29. The van der Waals surface area contributed by atoms with Crippen LogP contribution in [-0.2, 0) is 14.2 Å². The third-order valence-electron chi connectivity index (χ3n) is 5.66. The summed E-state index contributed by atoms with van der Waals surface area (Å²) < 4.78 is 17.1. The van der Waals surface area contributed by atoms with Gasteiger partial charge in [0, 0.05) is 11.4 Å². The van der Waals surface area contributed by atoms with Gasteiger partial charge in [-0.2, -0.15) is 5.26 Å². The van der Waals surface area contributed by atoms with E-state index in [1.807, 2.05) is 30.3 Å². The van der Waals surface area contributed by atoms with Crippen LogP contribution in [-0.4, -0.2) is 49.7 Å². The zero-order chi connectivity index (χ0) is 23.4. The number of urea groups is 1. The number of anilines is 2. The number of amides is 3. The number of hydrogen-bond donors (Lipinski definition) is 3. The number of benzene rings is 2. The largest absolute Gasteiger partial charge is 0.441 e. The Bertz CT molecular complexity index is 1050. The van der Waals surface area contributed by atoms with E-state index in [0.29, 0.717) is 22.9 Å². The van der Waals surface area contributed by atoms with E-state index in [9.17, 15) is 9.59 Å². The third kappa shape index (κ3) is 5.42. The molecule has 0 spiro atoms.